The Balaban J connectivity index is 2.14. The summed E-state index contributed by atoms with van der Waals surface area (Å²) in [5.41, 5.74) is 4.91. The SMILES string of the molecule is COc1ccc(-c2c3c(c(O)c4cc(C)c(C)cc24)COC3=O)cc1. The highest BCUT2D eigenvalue weighted by atomic mass is 16.5. The molecule has 3 aromatic rings. The van der Waals surface area contributed by atoms with E-state index < -0.39 is 5.97 Å². The maximum absolute atomic E-state index is 12.4. The van der Waals surface area contributed by atoms with E-state index in [1.807, 2.05) is 50.2 Å². The topological polar surface area (TPSA) is 55.8 Å². The van der Waals surface area contributed by atoms with E-state index in [0.717, 1.165) is 38.8 Å². The van der Waals surface area contributed by atoms with E-state index in [1.54, 1.807) is 7.11 Å². The first kappa shape index (κ1) is 15.5. The van der Waals surface area contributed by atoms with Crippen LogP contribution in [0.1, 0.15) is 27.0 Å². The molecule has 0 aliphatic carbocycles. The molecule has 0 aromatic heterocycles. The molecule has 3 aromatic carbocycles. The maximum Gasteiger partial charge on any atom is 0.339 e. The number of carbonyl (C=O) groups is 1. The number of ether oxygens (including phenoxy) is 2. The number of hydrogen-bond acceptors (Lipinski definition) is 4. The molecule has 0 unspecified atom stereocenters. The fourth-order valence-corrected chi connectivity index (χ4v) is 3.42. The van der Waals surface area contributed by atoms with Gasteiger partial charge in [0, 0.05) is 16.5 Å². The van der Waals surface area contributed by atoms with Crippen molar-refractivity contribution >= 4 is 16.7 Å². The number of carbonyl (C=O) groups excluding carboxylic acids is 1. The normalized spacial score (nSPS) is 13.0. The fourth-order valence-electron chi connectivity index (χ4n) is 3.42. The van der Waals surface area contributed by atoms with Crippen LogP contribution in [0.2, 0.25) is 0 Å². The van der Waals surface area contributed by atoms with Gasteiger partial charge in [-0.05, 0) is 54.1 Å². The number of cyclic esters (lactones) is 1. The molecule has 1 aliphatic rings. The van der Waals surface area contributed by atoms with Gasteiger partial charge in [0.05, 0.1) is 12.7 Å². The number of esters is 1. The van der Waals surface area contributed by atoms with E-state index in [1.165, 1.54) is 0 Å². The number of phenols is 1. The van der Waals surface area contributed by atoms with Crippen molar-refractivity contribution in [2.45, 2.75) is 20.5 Å². The maximum atomic E-state index is 12.4. The summed E-state index contributed by atoms with van der Waals surface area (Å²) in [6, 6.07) is 11.6. The van der Waals surface area contributed by atoms with Crippen LogP contribution in [-0.2, 0) is 11.3 Å². The molecule has 1 heterocycles. The van der Waals surface area contributed by atoms with E-state index in [9.17, 15) is 9.90 Å². The van der Waals surface area contributed by atoms with Crippen molar-refractivity contribution < 1.29 is 19.4 Å². The molecular formula is C21H18O4. The third kappa shape index (κ3) is 2.25. The average molecular weight is 334 g/mol. The minimum Gasteiger partial charge on any atom is -0.507 e. The summed E-state index contributed by atoms with van der Waals surface area (Å²) in [5, 5.41) is 12.3. The van der Waals surface area contributed by atoms with Crippen LogP contribution in [0.4, 0.5) is 0 Å². The van der Waals surface area contributed by atoms with Crippen LogP contribution in [0.15, 0.2) is 36.4 Å². The van der Waals surface area contributed by atoms with Gasteiger partial charge in [0.25, 0.3) is 0 Å². The van der Waals surface area contributed by atoms with Gasteiger partial charge in [-0.15, -0.1) is 0 Å². The summed E-state index contributed by atoms with van der Waals surface area (Å²) < 4.78 is 10.4. The van der Waals surface area contributed by atoms with E-state index in [-0.39, 0.29) is 12.4 Å². The first-order chi connectivity index (χ1) is 12.0. The Morgan fingerprint density at radius 2 is 1.64 bits per heavy atom. The van der Waals surface area contributed by atoms with Gasteiger partial charge in [-0.25, -0.2) is 4.79 Å². The standard InChI is InChI=1S/C21H18O4/c1-11-8-15-16(9-12(11)2)20(22)17-10-25-21(23)19(17)18(15)13-4-6-14(24-3)7-5-13/h4-9,22H,10H2,1-3H3. The number of phenolic OH excluding ortho intramolecular Hbond substituents is 1. The Morgan fingerprint density at radius 3 is 2.28 bits per heavy atom. The van der Waals surface area contributed by atoms with Gasteiger partial charge in [0.15, 0.2) is 0 Å². The van der Waals surface area contributed by atoms with Crippen molar-refractivity contribution in [3.05, 3.63) is 58.7 Å². The predicted octanol–water partition coefficient (Wildman–Crippen LogP) is 4.51. The summed E-state index contributed by atoms with van der Waals surface area (Å²) in [5.74, 6) is 0.491. The number of aryl methyl sites for hydroxylation is 2. The Hall–Kier alpha value is -3.01. The van der Waals surface area contributed by atoms with Gasteiger partial charge < -0.3 is 14.6 Å². The lowest BCUT2D eigenvalue weighted by atomic mass is 9.88. The first-order valence-electron chi connectivity index (χ1n) is 8.11. The van der Waals surface area contributed by atoms with Crippen LogP contribution >= 0.6 is 0 Å². The minimum absolute atomic E-state index is 0.103. The number of aromatic hydroxyl groups is 1. The average Bonchev–Trinajstić information content (AvgIpc) is 3.00. The summed E-state index contributed by atoms with van der Waals surface area (Å²) in [7, 11) is 1.62. The van der Waals surface area contributed by atoms with Gasteiger partial charge in [0.1, 0.15) is 18.1 Å². The van der Waals surface area contributed by atoms with Gasteiger partial charge >= 0.3 is 5.97 Å². The monoisotopic (exact) mass is 334 g/mol. The van der Waals surface area contributed by atoms with Gasteiger partial charge in [0.2, 0.25) is 0 Å². The Labute approximate surface area is 145 Å². The summed E-state index contributed by atoms with van der Waals surface area (Å²) in [6.07, 6.45) is 0. The lowest BCUT2D eigenvalue weighted by molar-refractivity contribution is 0.0535. The van der Waals surface area contributed by atoms with Crippen LogP contribution in [0.3, 0.4) is 0 Å². The van der Waals surface area contributed by atoms with Crippen LogP contribution < -0.4 is 4.74 Å². The van der Waals surface area contributed by atoms with Crippen molar-refractivity contribution in [1.82, 2.24) is 0 Å². The van der Waals surface area contributed by atoms with Gasteiger partial charge in [-0.2, -0.15) is 0 Å². The molecule has 1 N–H and O–H groups in total. The zero-order chi connectivity index (χ0) is 17.7. The second kappa shape index (κ2) is 5.52. The molecule has 0 atom stereocenters. The predicted molar refractivity (Wildman–Crippen MR) is 96.2 cm³/mol. The van der Waals surface area contributed by atoms with Crippen LogP contribution in [0, 0.1) is 13.8 Å². The van der Waals surface area contributed by atoms with Crippen LogP contribution in [0.5, 0.6) is 11.5 Å². The number of methoxy groups -OCH3 is 1. The number of rotatable bonds is 2. The van der Waals surface area contributed by atoms with Crippen molar-refractivity contribution in [2.24, 2.45) is 0 Å². The third-order valence-electron chi connectivity index (χ3n) is 4.93. The highest BCUT2D eigenvalue weighted by Gasteiger charge is 2.31. The molecule has 4 nitrogen and oxygen atoms in total. The molecule has 4 heteroatoms. The molecule has 0 fully saturated rings. The Kier molecular flexibility index (Phi) is 3.42. The smallest absolute Gasteiger partial charge is 0.339 e. The van der Waals surface area contributed by atoms with E-state index in [0.29, 0.717) is 11.1 Å². The zero-order valence-electron chi connectivity index (χ0n) is 14.3. The number of benzene rings is 3. The van der Waals surface area contributed by atoms with Gasteiger partial charge in [-0.1, -0.05) is 18.2 Å². The lowest BCUT2D eigenvalue weighted by Crippen LogP contribution is -2.00. The molecule has 0 radical (unpaired) electrons. The Morgan fingerprint density at radius 1 is 1.00 bits per heavy atom. The van der Waals surface area contributed by atoms with Crippen molar-refractivity contribution in [2.75, 3.05) is 7.11 Å². The largest absolute Gasteiger partial charge is 0.507 e. The molecule has 4 rings (SSSR count). The third-order valence-corrected chi connectivity index (χ3v) is 4.93. The number of fused-ring (bicyclic) bond motifs is 2. The van der Waals surface area contributed by atoms with Crippen LogP contribution in [0.25, 0.3) is 21.9 Å². The summed E-state index contributed by atoms with van der Waals surface area (Å²) in [4.78, 5) is 12.4. The molecular weight excluding hydrogens is 316 g/mol. The molecule has 0 spiro atoms. The fraction of sp³-hybridized carbons (Fsp3) is 0.190. The second-order valence-corrected chi connectivity index (χ2v) is 6.36. The molecule has 0 amide bonds. The molecule has 1 aliphatic heterocycles. The van der Waals surface area contributed by atoms with Crippen molar-refractivity contribution in [3.8, 4) is 22.6 Å². The molecule has 0 saturated heterocycles. The number of hydrogen-bond donors (Lipinski definition) is 1. The first-order valence-corrected chi connectivity index (χ1v) is 8.11. The molecule has 25 heavy (non-hydrogen) atoms. The van der Waals surface area contributed by atoms with Crippen molar-refractivity contribution in [3.63, 3.8) is 0 Å². The van der Waals surface area contributed by atoms with Crippen LogP contribution in [-0.4, -0.2) is 18.2 Å². The minimum atomic E-state index is -0.392. The van der Waals surface area contributed by atoms with E-state index in [2.05, 4.69) is 0 Å². The highest BCUT2D eigenvalue weighted by Crippen LogP contribution is 2.44. The van der Waals surface area contributed by atoms with Gasteiger partial charge in [-0.3, -0.25) is 0 Å². The quantitative estimate of drug-likeness (QED) is 0.701. The summed E-state index contributed by atoms with van der Waals surface area (Å²) >= 11 is 0. The van der Waals surface area contributed by atoms with Crippen molar-refractivity contribution in [1.29, 1.82) is 0 Å². The zero-order valence-corrected chi connectivity index (χ0v) is 14.3. The Bertz CT molecular complexity index is 1020. The van der Waals surface area contributed by atoms with E-state index >= 15 is 0 Å². The molecule has 126 valence electrons. The molecule has 0 saturated carbocycles. The summed E-state index contributed by atoms with van der Waals surface area (Å²) in [6.45, 7) is 4.14. The lowest BCUT2D eigenvalue weighted by Gasteiger charge is -2.15. The molecule has 0 bridgehead atoms. The van der Waals surface area contributed by atoms with E-state index in [4.69, 9.17) is 9.47 Å². The highest BCUT2D eigenvalue weighted by molar-refractivity contribution is 6.13. The second-order valence-electron chi connectivity index (χ2n) is 6.36.